The molecule has 1 saturated carbocycles. The van der Waals surface area contributed by atoms with E-state index in [9.17, 15) is 9.65 Å². The first-order valence-electron chi connectivity index (χ1n) is 7.17. The highest BCUT2D eigenvalue weighted by molar-refractivity contribution is 5.33. The molecule has 2 unspecified atom stereocenters. The van der Waals surface area contributed by atoms with E-state index >= 15 is 0 Å². The molecule has 1 aliphatic carbocycles. The van der Waals surface area contributed by atoms with E-state index in [1.165, 1.54) is 12.1 Å². The predicted octanol–water partition coefficient (Wildman–Crippen LogP) is 3.33. The molecular weight excluding hydrogens is 255 g/mol. The average molecular weight is 276 g/mol. The van der Waals surface area contributed by atoms with E-state index < -0.39 is 5.54 Å². The number of aryl methyl sites for hydroxylation is 1. The van der Waals surface area contributed by atoms with Gasteiger partial charge in [0.2, 0.25) is 0 Å². The summed E-state index contributed by atoms with van der Waals surface area (Å²) in [5, 5.41) is 12.7. The topological polar surface area (TPSA) is 45.0 Å². The van der Waals surface area contributed by atoms with E-state index in [-0.39, 0.29) is 11.9 Å². The number of nitriles is 1. The van der Waals surface area contributed by atoms with Crippen LogP contribution in [0, 0.1) is 24.1 Å². The van der Waals surface area contributed by atoms with E-state index in [2.05, 4.69) is 11.4 Å². The first-order chi connectivity index (χ1) is 9.58. The van der Waals surface area contributed by atoms with Crippen molar-refractivity contribution in [2.45, 2.75) is 51.2 Å². The molecule has 0 aliphatic heterocycles. The van der Waals surface area contributed by atoms with E-state index in [1.807, 2.05) is 13.8 Å². The number of nitrogens with zero attached hydrogens (tertiary/aromatic N) is 1. The molecule has 1 N–H and O–H groups in total. The summed E-state index contributed by atoms with van der Waals surface area (Å²) in [5.41, 5.74) is 0.313. The Bertz CT molecular complexity index is 508. The van der Waals surface area contributed by atoms with Crippen molar-refractivity contribution in [2.75, 3.05) is 6.54 Å². The van der Waals surface area contributed by atoms with Crippen LogP contribution in [0.15, 0.2) is 18.2 Å². The number of rotatable bonds is 4. The van der Waals surface area contributed by atoms with Crippen molar-refractivity contribution in [3.63, 3.8) is 0 Å². The molecule has 108 valence electrons. The highest BCUT2D eigenvalue weighted by Crippen LogP contribution is 2.31. The quantitative estimate of drug-likeness (QED) is 0.917. The summed E-state index contributed by atoms with van der Waals surface area (Å²) in [4.78, 5) is 0. The number of ether oxygens (including phenoxy) is 1. The zero-order chi connectivity index (χ0) is 14.6. The lowest BCUT2D eigenvalue weighted by atomic mass is 9.81. The molecule has 0 heterocycles. The van der Waals surface area contributed by atoms with Gasteiger partial charge in [-0.3, -0.25) is 5.32 Å². The van der Waals surface area contributed by atoms with Gasteiger partial charge in [-0.05, 0) is 56.5 Å². The first-order valence-corrected chi connectivity index (χ1v) is 7.17. The third kappa shape index (κ3) is 3.29. The lowest BCUT2D eigenvalue weighted by Crippen LogP contribution is -2.49. The van der Waals surface area contributed by atoms with Gasteiger partial charge in [-0.1, -0.05) is 6.92 Å². The molecule has 0 spiro atoms. The fraction of sp³-hybridized carbons (Fsp3) is 0.562. The highest BCUT2D eigenvalue weighted by Gasteiger charge is 2.36. The Morgan fingerprint density at radius 3 is 3.00 bits per heavy atom. The summed E-state index contributed by atoms with van der Waals surface area (Å²) in [6.07, 6.45) is 3.44. The van der Waals surface area contributed by atoms with Gasteiger partial charge in [0.05, 0.1) is 6.07 Å². The molecule has 2 rings (SSSR count). The SMILES string of the molecule is CCNC1(C#N)CCCC(Oc2ccc(F)cc2C)C1. The van der Waals surface area contributed by atoms with Crippen molar-refractivity contribution in [1.29, 1.82) is 5.26 Å². The zero-order valence-corrected chi connectivity index (χ0v) is 12.1. The Morgan fingerprint density at radius 1 is 1.55 bits per heavy atom. The normalized spacial score (nSPS) is 26.0. The minimum absolute atomic E-state index is 0.00612. The Labute approximate surface area is 119 Å². The van der Waals surface area contributed by atoms with Gasteiger partial charge in [0, 0.05) is 6.42 Å². The minimum atomic E-state index is -0.481. The molecule has 3 nitrogen and oxygen atoms in total. The summed E-state index contributed by atoms with van der Waals surface area (Å²) in [6.45, 7) is 4.62. The monoisotopic (exact) mass is 276 g/mol. The van der Waals surface area contributed by atoms with Crippen LogP contribution in [-0.4, -0.2) is 18.2 Å². The second-order valence-corrected chi connectivity index (χ2v) is 5.47. The van der Waals surface area contributed by atoms with Gasteiger partial charge in [-0.15, -0.1) is 0 Å². The average Bonchev–Trinajstić information content (AvgIpc) is 2.43. The highest BCUT2D eigenvalue weighted by atomic mass is 19.1. The predicted molar refractivity (Wildman–Crippen MR) is 76.0 cm³/mol. The summed E-state index contributed by atoms with van der Waals surface area (Å²) < 4.78 is 19.1. The first kappa shape index (κ1) is 14.8. The van der Waals surface area contributed by atoms with E-state index in [4.69, 9.17) is 4.74 Å². The van der Waals surface area contributed by atoms with Crippen LogP contribution < -0.4 is 10.1 Å². The second kappa shape index (κ2) is 6.23. The van der Waals surface area contributed by atoms with Crippen molar-refractivity contribution in [2.24, 2.45) is 0 Å². The van der Waals surface area contributed by atoms with Crippen molar-refractivity contribution in [3.8, 4) is 11.8 Å². The molecular formula is C16H21FN2O. The molecule has 1 aliphatic rings. The fourth-order valence-corrected chi connectivity index (χ4v) is 2.89. The summed E-state index contributed by atoms with van der Waals surface area (Å²) in [5.74, 6) is 0.458. The van der Waals surface area contributed by atoms with Crippen LogP contribution in [-0.2, 0) is 0 Å². The van der Waals surface area contributed by atoms with Gasteiger partial charge in [0.25, 0.3) is 0 Å². The second-order valence-electron chi connectivity index (χ2n) is 5.47. The summed E-state index contributed by atoms with van der Waals surface area (Å²) in [7, 11) is 0. The van der Waals surface area contributed by atoms with E-state index in [1.54, 1.807) is 6.07 Å². The molecule has 4 heteroatoms. The maximum absolute atomic E-state index is 13.1. The van der Waals surface area contributed by atoms with Crippen LogP contribution in [0.2, 0.25) is 0 Å². The maximum atomic E-state index is 13.1. The van der Waals surface area contributed by atoms with Gasteiger partial charge < -0.3 is 4.74 Å². The summed E-state index contributed by atoms with van der Waals surface area (Å²) >= 11 is 0. The molecule has 20 heavy (non-hydrogen) atoms. The van der Waals surface area contributed by atoms with E-state index in [0.29, 0.717) is 12.2 Å². The van der Waals surface area contributed by atoms with Crippen LogP contribution in [0.25, 0.3) is 0 Å². The molecule has 2 atom stereocenters. The molecule has 0 saturated heterocycles. The maximum Gasteiger partial charge on any atom is 0.123 e. The molecule has 0 amide bonds. The lowest BCUT2D eigenvalue weighted by molar-refractivity contribution is 0.112. The minimum Gasteiger partial charge on any atom is -0.490 e. The van der Waals surface area contributed by atoms with Crippen LogP contribution in [0.5, 0.6) is 5.75 Å². The van der Waals surface area contributed by atoms with Gasteiger partial charge in [0.1, 0.15) is 23.2 Å². The molecule has 1 fully saturated rings. The molecule has 0 radical (unpaired) electrons. The largest absolute Gasteiger partial charge is 0.490 e. The van der Waals surface area contributed by atoms with Crippen molar-refractivity contribution in [1.82, 2.24) is 5.32 Å². The number of hydrogen-bond donors (Lipinski definition) is 1. The van der Waals surface area contributed by atoms with Gasteiger partial charge >= 0.3 is 0 Å². The Hall–Kier alpha value is -1.60. The van der Waals surface area contributed by atoms with E-state index in [0.717, 1.165) is 31.4 Å². The van der Waals surface area contributed by atoms with Crippen LogP contribution in [0.3, 0.4) is 0 Å². The smallest absolute Gasteiger partial charge is 0.123 e. The Morgan fingerprint density at radius 2 is 2.35 bits per heavy atom. The fourth-order valence-electron chi connectivity index (χ4n) is 2.89. The number of benzene rings is 1. The zero-order valence-electron chi connectivity index (χ0n) is 12.1. The number of nitrogens with one attached hydrogen (secondary N) is 1. The van der Waals surface area contributed by atoms with Crippen LogP contribution in [0.4, 0.5) is 4.39 Å². The molecule has 1 aromatic rings. The summed E-state index contributed by atoms with van der Waals surface area (Å²) in [6, 6.07) is 6.96. The Kier molecular flexibility index (Phi) is 4.61. The number of hydrogen-bond acceptors (Lipinski definition) is 3. The van der Waals surface area contributed by atoms with Gasteiger partial charge in [-0.25, -0.2) is 4.39 Å². The Balaban J connectivity index is 2.08. The van der Waals surface area contributed by atoms with Gasteiger partial charge in [0.15, 0.2) is 0 Å². The third-order valence-corrected chi connectivity index (χ3v) is 3.87. The van der Waals surface area contributed by atoms with Crippen LogP contribution in [0.1, 0.15) is 38.2 Å². The van der Waals surface area contributed by atoms with Crippen LogP contribution >= 0.6 is 0 Å². The standard InChI is InChI=1S/C16H21FN2O/c1-3-19-16(11-18)8-4-5-14(10-16)20-15-7-6-13(17)9-12(15)2/h6-7,9,14,19H,3-5,8,10H2,1-2H3. The lowest BCUT2D eigenvalue weighted by Gasteiger charge is -2.36. The van der Waals surface area contributed by atoms with Crippen molar-refractivity contribution < 1.29 is 9.13 Å². The third-order valence-electron chi connectivity index (χ3n) is 3.87. The van der Waals surface area contributed by atoms with Gasteiger partial charge in [-0.2, -0.15) is 5.26 Å². The van der Waals surface area contributed by atoms with Crippen molar-refractivity contribution >= 4 is 0 Å². The molecule has 0 aromatic heterocycles. The molecule has 1 aromatic carbocycles. The molecule has 0 bridgehead atoms. The van der Waals surface area contributed by atoms with Crippen molar-refractivity contribution in [3.05, 3.63) is 29.6 Å². The number of halogens is 1.